The van der Waals surface area contributed by atoms with Crippen LogP contribution in [-0.2, 0) is 19.6 Å². The molecule has 1 aromatic carbocycles. The fourth-order valence-corrected chi connectivity index (χ4v) is 4.17. The number of rotatable bonds is 3. The maximum Gasteiger partial charge on any atom is 0.324 e. The molecule has 0 aliphatic carbocycles. The van der Waals surface area contributed by atoms with Crippen molar-refractivity contribution in [3.63, 3.8) is 0 Å². The van der Waals surface area contributed by atoms with Gasteiger partial charge in [-0.2, -0.15) is 4.31 Å². The number of piperidine rings is 1. The molecule has 1 aliphatic rings. The van der Waals surface area contributed by atoms with Crippen molar-refractivity contribution >= 4 is 21.7 Å². The number of hydrogen-bond acceptors (Lipinski definition) is 5. The number of benzene rings is 1. The summed E-state index contributed by atoms with van der Waals surface area (Å²) in [4.78, 5) is 11.8. The summed E-state index contributed by atoms with van der Waals surface area (Å²) in [5.74, 6) is -0.525. The molecule has 1 atom stereocenters. The van der Waals surface area contributed by atoms with Gasteiger partial charge in [0.25, 0.3) is 0 Å². The standard InChI is InChI=1S/C13H18N2O4S/c1-19-13(16)11-7-4-5-9-15(11)20(17,18)12-8-3-2-6-10(12)14/h2-3,6,8,11H,4-5,7,9,14H2,1H3/t11-/m0/s1. The zero-order valence-corrected chi connectivity index (χ0v) is 12.1. The third kappa shape index (κ3) is 2.64. The molecule has 0 radical (unpaired) electrons. The molecule has 1 aliphatic heterocycles. The molecule has 1 saturated heterocycles. The predicted octanol–water partition coefficient (Wildman–Crippen LogP) is 0.985. The topological polar surface area (TPSA) is 89.7 Å². The summed E-state index contributed by atoms with van der Waals surface area (Å²) in [7, 11) is -2.53. The van der Waals surface area contributed by atoms with E-state index < -0.39 is 22.0 Å². The van der Waals surface area contributed by atoms with Crippen LogP contribution < -0.4 is 5.73 Å². The Morgan fingerprint density at radius 1 is 1.35 bits per heavy atom. The second-order valence-electron chi connectivity index (χ2n) is 4.69. The Bertz CT molecular complexity index is 600. The number of carbonyl (C=O) groups is 1. The predicted molar refractivity (Wildman–Crippen MR) is 74.4 cm³/mol. The molecule has 20 heavy (non-hydrogen) atoms. The van der Waals surface area contributed by atoms with E-state index in [4.69, 9.17) is 10.5 Å². The third-order valence-corrected chi connectivity index (χ3v) is 5.41. The van der Waals surface area contributed by atoms with Gasteiger partial charge in [0.05, 0.1) is 12.8 Å². The van der Waals surface area contributed by atoms with Crippen molar-refractivity contribution in [3.8, 4) is 0 Å². The fourth-order valence-electron chi connectivity index (χ4n) is 2.41. The zero-order chi connectivity index (χ0) is 14.8. The second kappa shape index (κ2) is 5.80. The molecular weight excluding hydrogens is 280 g/mol. The average Bonchev–Trinajstić information content (AvgIpc) is 2.46. The number of anilines is 1. The maximum atomic E-state index is 12.7. The molecule has 6 nitrogen and oxygen atoms in total. The van der Waals surface area contributed by atoms with E-state index in [0.717, 1.165) is 12.8 Å². The minimum absolute atomic E-state index is 0.0378. The number of nitrogens with zero attached hydrogens (tertiary/aromatic N) is 1. The Labute approximate surface area is 118 Å². The van der Waals surface area contributed by atoms with Crippen LogP contribution in [0.15, 0.2) is 29.2 Å². The van der Waals surface area contributed by atoms with Crippen LogP contribution in [0, 0.1) is 0 Å². The van der Waals surface area contributed by atoms with Gasteiger partial charge in [0.15, 0.2) is 0 Å². The summed E-state index contributed by atoms with van der Waals surface area (Å²) < 4.78 is 31.3. The number of esters is 1. The lowest BCUT2D eigenvalue weighted by atomic mass is 10.1. The van der Waals surface area contributed by atoms with Crippen LogP contribution in [0.1, 0.15) is 19.3 Å². The van der Waals surface area contributed by atoms with Gasteiger partial charge in [-0.1, -0.05) is 12.1 Å². The molecule has 110 valence electrons. The number of carbonyl (C=O) groups excluding carboxylic acids is 1. The Hall–Kier alpha value is -1.60. The fraction of sp³-hybridized carbons (Fsp3) is 0.462. The van der Waals surface area contributed by atoms with E-state index in [1.165, 1.54) is 23.5 Å². The minimum atomic E-state index is -3.79. The molecule has 2 rings (SSSR count). The van der Waals surface area contributed by atoms with Gasteiger partial charge < -0.3 is 10.5 Å². The second-order valence-corrected chi connectivity index (χ2v) is 6.55. The number of sulfonamides is 1. The molecule has 0 unspecified atom stereocenters. The minimum Gasteiger partial charge on any atom is -0.468 e. The quantitative estimate of drug-likeness (QED) is 0.664. The van der Waals surface area contributed by atoms with Crippen LogP contribution in [0.5, 0.6) is 0 Å². The highest BCUT2D eigenvalue weighted by Gasteiger charge is 2.38. The lowest BCUT2D eigenvalue weighted by Gasteiger charge is -2.32. The maximum absolute atomic E-state index is 12.7. The largest absolute Gasteiger partial charge is 0.468 e. The van der Waals surface area contributed by atoms with E-state index in [1.54, 1.807) is 12.1 Å². The number of methoxy groups -OCH3 is 1. The number of para-hydroxylation sites is 1. The van der Waals surface area contributed by atoms with E-state index in [2.05, 4.69) is 0 Å². The molecule has 0 aromatic heterocycles. The Morgan fingerprint density at radius 3 is 2.70 bits per heavy atom. The van der Waals surface area contributed by atoms with Crippen LogP contribution >= 0.6 is 0 Å². The van der Waals surface area contributed by atoms with Gasteiger partial charge in [-0.25, -0.2) is 8.42 Å². The molecule has 7 heteroatoms. The first-order valence-electron chi connectivity index (χ1n) is 6.42. The van der Waals surface area contributed by atoms with Crippen molar-refractivity contribution in [2.75, 3.05) is 19.4 Å². The van der Waals surface area contributed by atoms with Crippen LogP contribution in [0.4, 0.5) is 5.69 Å². The number of hydrogen-bond donors (Lipinski definition) is 1. The highest BCUT2D eigenvalue weighted by molar-refractivity contribution is 7.89. The van der Waals surface area contributed by atoms with E-state index in [-0.39, 0.29) is 10.6 Å². The lowest BCUT2D eigenvalue weighted by Crippen LogP contribution is -2.48. The van der Waals surface area contributed by atoms with Crippen molar-refractivity contribution in [1.29, 1.82) is 0 Å². The summed E-state index contributed by atoms with van der Waals surface area (Å²) in [5.41, 5.74) is 5.93. The molecule has 0 spiro atoms. The molecule has 0 amide bonds. The smallest absolute Gasteiger partial charge is 0.324 e. The van der Waals surface area contributed by atoms with Gasteiger partial charge in [-0.15, -0.1) is 0 Å². The number of nitrogens with two attached hydrogens (primary N) is 1. The molecule has 0 saturated carbocycles. The van der Waals surface area contributed by atoms with Crippen LogP contribution in [-0.4, -0.2) is 38.4 Å². The first-order chi connectivity index (χ1) is 9.48. The molecule has 1 aromatic rings. The van der Waals surface area contributed by atoms with Crippen LogP contribution in [0.25, 0.3) is 0 Å². The highest BCUT2D eigenvalue weighted by Crippen LogP contribution is 2.28. The van der Waals surface area contributed by atoms with E-state index >= 15 is 0 Å². The van der Waals surface area contributed by atoms with Gasteiger partial charge in [0, 0.05) is 6.54 Å². The van der Waals surface area contributed by atoms with Crippen molar-refractivity contribution < 1.29 is 17.9 Å². The van der Waals surface area contributed by atoms with Crippen LogP contribution in [0.2, 0.25) is 0 Å². The summed E-state index contributed by atoms with van der Waals surface area (Å²) in [6.07, 6.45) is 1.99. The van der Waals surface area contributed by atoms with Crippen molar-refractivity contribution in [2.45, 2.75) is 30.2 Å². The normalized spacial score (nSPS) is 20.6. The molecule has 2 N–H and O–H groups in total. The first kappa shape index (κ1) is 14.8. The van der Waals surface area contributed by atoms with E-state index in [0.29, 0.717) is 13.0 Å². The number of nitrogen functional groups attached to an aromatic ring is 1. The summed E-state index contributed by atoms with van der Waals surface area (Å²) in [5, 5.41) is 0. The first-order valence-corrected chi connectivity index (χ1v) is 7.86. The van der Waals surface area contributed by atoms with Crippen molar-refractivity contribution in [3.05, 3.63) is 24.3 Å². The summed E-state index contributed by atoms with van der Waals surface area (Å²) >= 11 is 0. The van der Waals surface area contributed by atoms with Crippen LogP contribution in [0.3, 0.4) is 0 Å². The van der Waals surface area contributed by atoms with Gasteiger partial charge >= 0.3 is 5.97 Å². The number of ether oxygens (including phenoxy) is 1. The van der Waals surface area contributed by atoms with E-state index in [1.807, 2.05) is 0 Å². The third-order valence-electron chi connectivity index (χ3n) is 3.43. The van der Waals surface area contributed by atoms with E-state index in [9.17, 15) is 13.2 Å². The SMILES string of the molecule is COC(=O)[C@@H]1CCCCN1S(=O)(=O)c1ccccc1N. The lowest BCUT2D eigenvalue weighted by molar-refractivity contribution is -0.146. The molecule has 1 fully saturated rings. The van der Waals surface area contributed by atoms with Crippen molar-refractivity contribution in [2.24, 2.45) is 0 Å². The molecular formula is C13H18N2O4S. The Balaban J connectivity index is 2.41. The summed E-state index contributed by atoms with van der Waals surface area (Å²) in [6, 6.07) is 5.50. The van der Waals surface area contributed by atoms with Gasteiger partial charge in [0.1, 0.15) is 10.9 Å². The van der Waals surface area contributed by atoms with Gasteiger partial charge in [0.2, 0.25) is 10.0 Å². The monoisotopic (exact) mass is 298 g/mol. The highest BCUT2D eigenvalue weighted by atomic mass is 32.2. The Kier molecular flexibility index (Phi) is 4.29. The molecule has 1 heterocycles. The summed E-state index contributed by atoms with van der Waals surface area (Å²) in [6.45, 7) is 0.302. The van der Waals surface area contributed by atoms with Gasteiger partial charge in [-0.05, 0) is 31.4 Å². The Morgan fingerprint density at radius 2 is 2.05 bits per heavy atom. The zero-order valence-electron chi connectivity index (χ0n) is 11.3. The van der Waals surface area contributed by atoms with Gasteiger partial charge in [-0.3, -0.25) is 4.79 Å². The molecule has 0 bridgehead atoms. The van der Waals surface area contributed by atoms with Crippen molar-refractivity contribution in [1.82, 2.24) is 4.31 Å². The average molecular weight is 298 g/mol.